The highest BCUT2D eigenvalue weighted by Crippen LogP contribution is 2.28. The Kier molecular flexibility index (Phi) is 4.54. The van der Waals surface area contributed by atoms with Crippen molar-refractivity contribution >= 4 is 11.4 Å². The van der Waals surface area contributed by atoms with Gasteiger partial charge in [0.05, 0.1) is 23.0 Å². The van der Waals surface area contributed by atoms with Crippen LogP contribution in [0.5, 0.6) is 0 Å². The molecule has 8 heteroatoms. The van der Waals surface area contributed by atoms with E-state index in [0.29, 0.717) is 39.6 Å². The van der Waals surface area contributed by atoms with Crippen LogP contribution in [0.4, 0.5) is 4.39 Å². The molecule has 1 aromatic carbocycles. The lowest BCUT2D eigenvalue weighted by molar-refractivity contribution is 0.0726. The van der Waals surface area contributed by atoms with Gasteiger partial charge in [-0.3, -0.25) is 4.79 Å². The molecule has 1 amide bonds. The van der Waals surface area contributed by atoms with Gasteiger partial charge in [-0.05, 0) is 49.6 Å². The Morgan fingerprint density at radius 3 is 2.67 bits per heavy atom. The summed E-state index contributed by atoms with van der Waals surface area (Å²) in [5.41, 5.74) is 3.05. The Hall–Kier alpha value is -3.55. The topological polar surface area (TPSA) is 76.5 Å². The van der Waals surface area contributed by atoms with Crippen molar-refractivity contribution in [3.63, 3.8) is 0 Å². The number of piperidine rings is 1. The minimum Gasteiger partial charge on any atom is -0.339 e. The Morgan fingerprint density at radius 1 is 1.10 bits per heavy atom. The van der Waals surface area contributed by atoms with E-state index < -0.39 is 5.82 Å². The van der Waals surface area contributed by atoms with Gasteiger partial charge in [0.25, 0.3) is 5.91 Å². The van der Waals surface area contributed by atoms with Gasteiger partial charge in [-0.2, -0.15) is 10.1 Å². The van der Waals surface area contributed by atoms with Crippen molar-refractivity contribution in [2.75, 3.05) is 13.1 Å². The van der Waals surface area contributed by atoms with Gasteiger partial charge in [0.1, 0.15) is 5.82 Å². The first-order valence-electron chi connectivity index (χ1n) is 9.98. The molecule has 0 unspecified atom stereocenters. The standard InChI is InChI=1S/C22H20FN5O2/c1-14-25-21(26-30-14)16-10-15(11-17(23)12-16)19-6-5-7-20-18(13-24-28(19)20)22(29)27-8-3-2-4-9-27/h5-7,10-13H,2-4,8-9H2,1H3. The molecule has 0 spiro atoms. The van der Waals surface area contributed by atoms with Crippen molar-refractivity contribution in [1.82, 2.24) is 24.7 Å². The fourth-order valence-electron chi connectivity index (χ4n) is 3.95. The van der Waals surface area contributed by atoms with E-state index in [1.165, 1.54) is 12.1 Å². The third kappa shape index (κ3) is 3.24. The number of carbonyl (C=O) groups excluding carboxylic acids is 1. The maximum Gasteiger partial charge on any atom is 0.257 e. The van der Waals surface area contributed by atoms with Gasteiger partial charge in [-0.25, -0.2) is 8.91 Å². The molecular formula is C22H20FN5O2. The van der Waals surface area contributed by atoms with Crippen LogP contribution in [0, 0.1) is 12.7 Å². The SMILES string of the molecule is Cc1nc(-c2cc(F)cc(-c3cccc4c(C(=O)N5CCCCC5)cnn34)c2)no1. The first-order chi connectivity index (χ1) is 14.6. The zero-order valence-electron chi connectivity index (χ0n) is 16.5. The van der Waals surface area contributed by atoms with E-state index in [0.717, 1.165) is 32.4 Å². The van der Waals surface area contributed by atoms with E-state index in [1.807, 2.05) is 23.1 Å². The molecular weight excluding hydrogens is 385 g/mol. The number of benzene rings is 1. The van der Waals surface area contributed by atoms with Gasteiger partial charge in [0.2, 0.25) is 11.7 Å². The average molecular weight is 405 g/mol. The van der Waals surface area contributed by atoms with Crippen molar-refractivity contribution in [2.24, 2.45) is 0 Å². The highest BCUT2D eigenvalue weighted by molar-refractivity contribution is 6.01. The fraction of sp³-hybridized carbons (Fsp3) is 0.273. The van der Waals surface area contributed by atoms with Crippen LogP contribution in [-0.2, 0) is 0 Å². The maximum absolute atomic E-state index is 14.4. The van der Waals surface area contributed by atoms with Crippen LogP contribution >= 0.6 is 0 Å². The second-order valence-electron chi connectivity index (χ2n) is 7.48. The second kappa shape index (κ2) is 7.37. The lowest BCUT2D eigenvalue weighted by Crippen LogP contribution is -2.35. The Morgan fingerprint density at radius 2 is 1.90 bits per heavy atom. The highest BCUT2D eigenvalue weighted by Gasteiger charge is 2.22. The monoisotopic (exact) mass is 405 g/mol. The molecule has 4 heterocycles. The Balaban J connectivity index is 1.58. The fourth-order valence-corrected chi connectivity index (χ4v) is 3.95. The summed E-state index contributed by atoms with van der Waals surface area (Å²) < 4.78 is 21.1. The summed E-state index contributed by atoms with van der Waals surface area (Å²) in [6, 6.07) is 10.1. The van der Waals surface area contributed by atoms with Gasteiger partial charge in [0.15, 0.2) is 0 Å². The quantitative estimate of drug-likeness (QED) is 0.512. The van der Waals surface area contributed by atoms with Crippen molar-refractivity contribution in [2.45, 2.75) is 26.2 Å². The molecule has 7 nitrogen and oxygen atoms in total. The Bertz CT molecular complexity index is 1240. The number of nitrogens with zero attached hydrogens (tertiary/aromatic N) is 5. The zero-order valence-corrected chi connectivity index (χ0v) is 16.5. The number of rotatable bonds is 3. The predicted molar refractivity (Wildman–Crippen MR) is 108 cm³/mol. The van der Waals surface area contributed by atoms with Crippen molar-refractivity contribution in [1.29, 1.82) is 0 Å². The normalized spacial score (nSPS) is 14.4. The van der Waals surface area contributed by atoms with Crippen molar-refractivity contribution < 1.29 is 13.7 Å². The number of aryl methyl sites for hydroxylation is 1. The minimum atomic E-state index is -0.418. The summed E-state index contributed by atoms with van der Waals surface area (Å²) in [4.78, 5) is 19.1. The van der Waals surface area contributed by atoms with E-state index in [-0.39, 0.29) is 5.91 Å². The molecule has 152 valence electrons. The highest BCUT2D eigenvalue weighted by atomic mass is 19.1. The number of pyridine rings is 1. The van der Waals surface area contributed by atoms with Crippen LogP contribution < -0.4 is 0 Å². The summed E-state index contributed by atoms with van der Waals surface area (Å²) in [6.07, 6.45) is 4.80. The van der Waals surface area contributed by atoms with Crippen LogP contribution in [0.3, 0.4) is 0 Å². The number of carbonyl (C=O) groups is 1. The maximum atomic E-state index is 14.4. The van der Waals surface area contributed by atoms with Crippen LogP contribution in [-0.4, -0.2) is 43.7 Å². The number of likely N-dealkylation sites (tertiary alicyclic amines) is 1. The van der Waals surface area contributed by atoms with Gasteiger partial charge in [-0.15, -0.1) is 0 Å². The molecule has 0 saturated carbocycles. The molecule has 1 aliphatic heterocycles. The first-order valence-corrected chi connectivity index (χ1v) is 9.98. The lowest BCUT2D eigenvalue weighted by Gasteiger charge is -2.26. The number of hydrogen-bond acceptors (Lipinski definition) is 5. The molecule has 1 aliphatic rings. The summed E-state index contributed by atoms with van der Waals surface area (Å²) in [5.74, 6) is 0.301. The molecule has 1 fully saturated rings. The summed E-state index contributed by atoms with van der Waals surface area (Å²) in [7, 11) is 0. The molecule has 0 bridgehead atoms. The molecule has 30 heavy (non-hydrogen) atoms. The molecule has 4 aromatic rings. The Labute approximate surface area is 172 Å². The summed E-state index contributed by atoms with van der Waals surface area (Å²) in [5, 5.41) is 8.32. The zero-order chi connectivity index (χ0) is 20.7. The van der Waals surface area contributed by atoms with Crippen LogP contribution in [0.25, 0.3) is 28.2 Å². The van der Waals surface area contributed by atoms with E-state index in [9.17, 15) is 9.18 Å². The smallest absolute Gasteiger partial charge is 0.257 e. The van der Waals surface area contributed by atoms with E-state index in [4.69, 9.17) is 4.52 Å². The van der Waals surface area contributed by atoms with Crippen molar-refractivity contribution in [3.8, 4) is 22.6 Å². The van der Waals surface area contributed by atoms with E-state index >= 15 is 0 Å². The number of fused-ring (bicyclic) bond motifs is 1. The first kappa shape index (κ1) is 18.5. The molecule has 0 radical (unpaired) electrons. The van der Waals surface area contributed by atoms with Gasteiger partial charge < -0.3 is 9.42 Å². The predicted octanol–water partition coefficient (Wildman–Crippen LogP) is 4.12. The second-order valence-corrected chi connectivity index (χ2v) is 7.48. The molecule has 1 saturated heterocycles. The minimum absolute atomic E-state index is 0.0101. The van der Waals surface area contributed by atoms with Crippen LogP contribution in [0.2, 0.25) is 0 Å². The third-order valence-corrected chi connectivity index (χ3v) is 5.40. The number of halogens is 1. The lowest BCUT2D eigenvalue weighted by atomic mass is 10.1. The molecule has 0 aliphatic carbocycles. The molecule has 3 aromatic heterocycles. The number of hydrogen-bond donors (Lipinski definition) is 0. The largest absolute Gasteiger partial charge is 0.339 e. The van der Waals surface area contributed by atoms with Crippen LogP contribution in [0.15, 0.2) is 47.1 Å². The molecule has 5 rings (SSSR count). The summed E-state index contributed by atoms with van der Waals surface area (Å²) in [6.45, 7) is 3.22. The van der Waals surface area contributed by atoms with E-state index in [2.05, 4.69) is 15.2 Å². The van der Waals surface area contributed by atoms with Crippen LogP contribution in [0.1, 0.15) is 35.5 Å². The average Bonchev–Trinajstić information content (AvgIpc) is 3.39. The summed E-state index contributed by atoms with van der Waals surface area (Å²) >= 11 is 0. The third-order valence-electron chi connectivity index (χ3n) is 5.40. The van der Waals surface area contributed by atoms with E-state index in [1.54, 1.807) is 23.7 Å². The van der Waals surface area contributed by atoms with Gasteiger partial charge in [-0.1, -0.05) is 11.2 Å². The number of amides is 1. The molecule has 0 atom stereocenters. The molecule has 0 N–H and O–H groups in total. The van der Waals surface area contributed by atoms with Gasteiger partial charge >= 0.3 is 0 Å². The van der Waals surface area contributed by atoms with Gasteiger partial charge in [0, 0.05) is 31.1 Å². The number of aromatic nitrogens is 4. The van der Waals surface area contributed by atoms with Crippen molar-refractivity contribution in [3.05, 3.63) is 59.9 Å².